The maximum atomic E-state index is 11.1. The van der Waals surface area contributed by atoms with Crippen molar-refractivity contribution in [2.24, 2.45) is 0 Å². The molecule has 0 aliphatic carbocycles. The maximum absolute atomic E-state index is 11.1. The third kappa shape index (κ3) is 18.5. The first-order valence-corrected chi connectivity index (χ1v) is 12.9. The molecule has 4 atom stereocenters. The van der Waals surface area contributed by atoms with E-state index in [1.165, 1.54) is 0 Å². The van der Waals surface area contributed by atoms with Gasteiger partial charge in [0.1, 0.15) is 18.3 Å². The summed E-state index contributed by atoms with van der Waals surface area (Å²) in [5, 5.41) is 83.8. The van der Waals surface area contributed by atoms with Crippen LogP contribution < -0.4 is 5.32 Å². The molecule has 1 aliphatic heterocycles. The van der Waals surface area contributed by atoms with E-state index in [2.05, 4.69) is 5.32 Å². The Labute approximate surface area is 237 Å². The van der Waals surface area contributed by atoms with E-state index in [9.17, 15) is 24.3 Å². The molecule has 0 spiro atoms. The molecule has 1 heterocycles. The van der Waals surface area contributed by atoms with Gasteiger partial charge in [-0.25, -0.2) is 0 Å². The highest BCUT2D eigenvalue weighted by Gasteiger charge is 2.29. The Morgan fingerprint density at radius 2 is 0.805 bits per heavy atom. The lowest BCUT2D eigenvalue weighted by molar-refractivity contribution is -0.141. The number of aliphatic hydroxyl groups is 5. The van der Waals surface area contributed by atoms with Crippen LogP contribution in [0.1, 0.15) is 0 Å². The Bertz CT molecular complexity index is 681. The largest absolute Gasteiger partial charge is 0.480 e. The van der Waals surface area contributed by atoms with Crippen LogP contribution in [-0.4, -0.2) is 213 Å². The van der Waals surface area contributed by atoms with E-state index in [0.29, 0.717) is 52.4 Å². The van der Waals surface area contributed by atoms with Gasteiger partial charge in [0.05, 0.1) is 38.9 Å². The van der Waals surface area contributed by atoms with Crippen LogP contribution in [0.5, 0.6) is 0 Å². The molecule has 0 saturated carbocycles. The zero-order chi connectivity index (χ0) is 31.5. The van der Waals surface area contributed by atoms with Gasteiger partial charge in [0.2, 0.25) is 0 Å². The molecule has 1 saturated heterocycles. The van der Waals surface area contributed by atoms with Gasteiger partial charge in [-0.05, 0) is 7.05 Å². The SMILES string of the molecule is CNC[C@H](O)[C@@H](O)[C@H](O)[C@H](O)CO.O=C(O)CN1CCN(CC(=O)O)CCN(CC(=O)O)CCN(CC(=O)O)CC1. The number of aliphatic hydroxyl groups excluding tert-OH is 5. The molecule has 18 heteroatoms. The molecule has 0 aromatic rings. The number of carbonyl (C=O) groups is 4. The number of nitrogens with one attached hydrogen (secondary N) is 1. The van der Waals surface area contributed by atoms with Crippen molar-refractivity contribution in [3.05, 3.63) is 0 Å². The Hall–Kier alpha value is -2.52. The molecule has 0 aromatic carbocycles. The highest BCUT2D eigenvalue weighted by molar-refractivity contribution is 5.70. The van der Waals surface area contributed by atoms with Gasteiger partial charge in [0, 0.05) is 58.9 Å². The predicted octanol–water partition coefficient (Wildman–Crippen LogP) is -5.81. The second-order valence-corrected chi connectivity index (χ2v) is 9.54. The fourth-order valence-electron chi connectivity index (χ4n) is 3.87. The van der Waals surface area contributed by atoms with E-state index in [0.717, 1.165) is 0 Å². The van der Waals surface area contributed by atoms with Gasteiger partial charge in [-0.2, -0.15) is 0 Å². The van der Waals surface area contributed by atoms with Gasteiger partial charge >= 0.3 is 23.9 Å². The third-order valence-electron chi connectivity index (χ3n) is 6.10. The zero-order valence-electron chi connectivity index (χ0n) is 23.2. The van der Waals surface area contributed by atoms with Crippen molar-refractivity contribution in [2.45, 2.75) is 24.4 Å². The molecule has 1 aliphatic rings. The number of likely N-dealkylation sites (N-methyl/N-ethyl adjacent to an activating group) is 1. The molecular formula is C23H45N5O13. The minimum absolute atomic E-state index is 0.0936. The van der Waals surface area contributed by atoms with E-state index in [1.807, 2.05) is 0 Å². The number of hydrogen-bond donors (Lipinski definition) is 10. The van der Waals surface area contributed by atoms with Crippen molar-refractivity contribution >= 4 is 23.9 Å². The Morgan fingerprint density at radius 1 is 0.561 bits per heavy atom. The average molecular weight is 600 g/mol. The lowest BCUT2D eigenvalue weighted by atomic mass is 10.0. The number of aliphatic carboxylic acids is 4. The van der Waals surface area contributed by atoms with Crippen molar-refractivity contribution in [1.82, 2.24) is 24.9 Å². The van der Waals surface area contributed by atoms with Gasteiger partial charge < -0.3 is 51.3 Å². The van der Waals surface area contributed by atoms with E-state index < -0.39 is 54.9 Å². The van der Waals surface area contributed by atoms with Crippen LogP contribution in [0.2, 0.25) is 0 Å². The van der Waals surface area contributed by atoms with Gasteiger partial charge in [-0.15, -0.1) is 0 Å². The fourth-order valence-corrected chi connectivity index (χ4v) is 3.87. The van der Waals surface area contributed by atoms with Crippen molar-refractivity contribution in [2.75, 3.05) is 98.7 Å². The van der Waals surface area contributed by atoms with Crippen molar-refractivity contribution < 1.29 is 65.1 Å². The Kier molecular flexibility index (Phi) is 19.9. The van der Waals surface area contributed by atoms with Crippen LogP contribution in [0, 0.1) is 0 Å². The highest BCUT2D eigenvalue weighted by Crippen LogP contribution is 2.04. The summed E-state index contributed by atoms with van der Waals surface area (Å²) in [6.07, 6.45) is -5.65. The first kappa shape index (κ1) is 38.5. The lowest BCUT2D eigenvalue weighted by Crippen LogP contribution is -2.49. The summed E-state index contributed by atoms with van der Waals surface area (Å²) in [6, 6.07) is 0. The van der Waals surface area contributed by atoms with Gasteiger partial charge in [-0.3, -0.25) is 38.8 Å². The predicted molar refractivity (Wildman–Crippen MR) is 141 cm³/mol. The number of hydrogen-bond acceptors (Lipinski definition) is 14. The molecule has 0 radical (unpaired) electrons. The third-order valence-corrected chi connectivity index (χ3v) is 6.10. The summed E-state index contributed by atoms with van der Waals surface area (Å²) in [5.41, 5.74) is 0. The normalized spacial score (nSPS) is 19.9. The van der Waals surface area contributed by atoms with Crippen LogP contribution in [0.25, 0.3) is 0 Å². The second kappa shape index (κ2) is 21.2. The number of carboxylic acid groups (broad SMARTS) is 4. The molecule has 0 amide bonds. The molecular weight excluding hydrogens is 554 g/mol. The van der Waals surface area contributed by atoms with Crippen LogP contribution in [0.4, 0.5) is 0 Å². The second-order valence-electron chi connectivity index (χ2n) is 9.54. The van der Waals surface area contributed by atoms with Crippen LogP contribution in [0.3, 0.4) is 0 Å². The molecule has 1 rings (SSSR count). The summed E-state index contributed by atoms with van der Waals surface area (Å²) >= 11 is 0. The lowest BCUT2D eigenvalue weighted by Gasteiger charge is -2.32. The summed E-state index contributed by atoms with van der Waals surface area (Å²) in [5.74, 6) is -4.08. The quantitative estimate of drug-likeness (QED) is 0.0890. The van der Waals surface area contributed by atoms with Crippen molar-refractivity contribution in [1.29, 1.82) is 0 Å². The smallest absolute Gasteiger partial charge is 0.317 e. The van der Waals surface area contributed by atoms with E-state index in [4.69, 9.17) is 40.9 Å². The van der Waals surface area contributed by atoms with Crippen LogP contribution in [-0.2, 0) is 19.2 Å². The van der Waals surface area contributed by atoms with E-state index in [-0.39, 0.29) is 32.7 Å². The van der Waals surface area contributed by atoms with Gasteiger partial charge in [-0.1, -0.05) is 0 Å². The molecule has 0 unspecified atom stereocenters. The Morgan fingerprint density at radius 3 is 1.00 bits per heavy atom. The average Bonchev–Trinajstić information content (AvgIpc) is 2.88. The van der Waals surface area contributed by atoms with Crippen molar-refractivity contribution in [3.63, 3.8) is 0 Å². The standard InChI is InChI=1S/C16H28N4O8.C7H17NO5/c21-13(22)9-17-1-2-18(10-14(23)24)5-6-20(12-16(27)28)8-7-19(4-3-17)11-15(25)26;1-8-2-4(10)6(12)7(13)5(11)3-9/h1-12H2,(H,21,22)(H,23,24)(H,25,26)(H,27,28);4-13H,2-3H2,1H3/t;4-,5+,6+,7+/m.0/s1. The molecule has 18 nitrogen and oxygen atoms in total. The minimum Gasteiger partial charge on any atom is -0.480 e. The first-order valence-electron chi connectivity index (χ1n) is 12.9. The van der Waals surface area contributed by atoms with E-state index in [1.54, 1.807) is 26.6 Å². The molecule has 0 aromatic heterocycles. The minimum atomic E-state index is -1.55. The number of carboxylic acids is 4. The molecule has 41 heavy (non-hydrogen) atoms. The summed E-state index contributed by atoms with van der Waals surface area (Å²) < 4.78 is 0. The van der Waals surface area contributed by atoms with Gasteiger partial charge in [0.15, 0.2) is 0 Å². The number of nitrogens with zero attached hydrogens (tertiary/aromatic N) is 4. The summed E-state index contributed by atoms with van der Waals surface area (Å²) in [4.78, 5) is 50.9. The maximum Gasteiger partial charge on any atom is 0.317 e. The first-order chi connectivity index (χ1) is 19.2. The van der Waals surface area contributed by atoms with Crippen molar-refractivity contribution in [3.8, 4) is 0 Å². The topological polar surface area (TPSA) is 275 Å². The monoisotopic (exact) mass is 599 g/mol. The number of rotatable bonds is 14. The summed E-state index contributed by atoms with van der Waals surface area (Å²) in [7, 11) is 1.57. The van der Waals surface area contributed by atoms with Crippen LogP contribution in [0.15, 0.2) is 0 Å². The molecule has 0 bridgehead atoms. The highest BCUT2D eigenvalue weighted by atomic mass is 16.4. The fraction of sp³-hybridized carbons (Fsp3) is 0.826. The zero-order valence-corrected chi connectivity index (χ0v) is 23.2. The molecule has 10 N–H and O–H groups in total. The summed E-state index contributed by atoms with van der Waals surface area (Å²) in [6.45, 7) is 0.954. The molecule has 240 valence electrons. The van der Waals surface area contributed by atoms with E-state index >= 15 is 0 Å². The molecule has 1 fully saturated rings. The van der Waals surface area contributed by atoms with Gasteiger partial charge in [0.25, 0.3) is 0 Å². The Balaban J connectivity index is 0.00000103. The van der Waals surface area contributed by atoms with Crippen LogP contribution >= 0.6 is 0 Å².